The van der Waals surface area contributed by atoms with E-state index in [0.29, 0.717) is 11.3 Å². The van der Waals surface area contributed by atoms with Crippen molar-refractivity contribution in [3.05, 3.63) is 34.9 Å². The summed E-state index contributed by atoms with van der Waals surface area (Å²) in [6.45, 7) is 13.8. The van der Waals surface area contributed by atoms with Crippen LogP contribution in [0.2, 0.25) is 0 Å². The van der Waals surface area contributed by atoms with Gasteiger partial charge in [-0.1, -0.05) is 34.6 Å². The van der Waals surface area contributed by atoms with Gasteiger partial charge in [0.15, 0.2) is 11.6 Å². The third-order valence-electron chi connectivity index (χ3n) is 1.71. The minimum Gasteiger partial charge on any atom is -0.224 e. The molecule has 0 saturated heterocycles. The molecule has 0 aliphatic rings. The van der Waals surface area contributed by atoms with Gasteiger partial charge in [-0.3, -0.25) is 0 Å². The number of rotatable bonds is 1. The maximum Gasteiger partial charge on any atom is 0.167 e. The van der Waals surface area contributed by atoms with Crippen LogP contribution in [0.1, 0.15) is 52.7 Å². The van der Waals surface area contributed by atoms with Crippen molar-refractivity contribution < 1.29 is 8.78 Å². The van der Waals surface area contributed by atoms with Crippen molar-refractivity contribution in [1.82, 2.24) is 0 Å². The van der Waals surface area contributed by atoms with Crippen LogP contribution in [0.15, 0.2) is 16.5 Å². The first-order valence-corrected chi connectivity index (χ1v) is 6.84. The number of thiol groups is 1. The highest BCUT2D eigenvalue weighted by atomic mass is 32.1. The molecule has 4 heteroatoms. The molecule has 0 N–H and O–H groups in total. The minimum atomic E-state index is -0.874. The minimum absolute atomic E-state index is 0.160. The Hall–Kier alpha value is -0.900. The van der Waals surface area contributed by atoms with Gasteiger partial charge >= 0.3 is 0 Å². The number of benzene rings is 1. The van der Waals surface area contributed by atoms with Gasteiger partial charge in [0.05, 0.1) is 5.71 Å². The first kappa shape index (κ1) is 20.4. The van der Waals surface area contributed by atoms with E-state index >= 15 is 0 Å². The zero-order chi connectivity index (χ0) is 15.6. The lowest BCUT2D eigenvalue weighted by molar-refractivity contribution is 0.506. The van der Waals surface area contributed by atoms with Gasteiger partial charge in [0.1, 0.15) is 0 Å². The van der Waals surface area contributed by atoms with Gasteiger partial charge < -0.3 is 0 Å². The third kappa shape index (κ3) is 8.76. The Balaban J connectivity index is 0. The van der Waals surface area contributed by atoms with E-state index in [-0.39, 0.29) is 5.56 Å². The second-order valence-electron chi connectivity index (χ2n) is 4.53. The van der Waals surface area contributed by atoms with Gasteiger partial charge in [-0.2, -0.15) is 0 Å². The Morgan fingerprint density at radius 3 is 1.95 bits per heavy atom. The summed E-state index contributed by atoms with van der Waals surface area (Å²) in [6, 6.07) is 2.68. The average Bonchev–Trinajstić information content (AvgIpc) is 2.34. The first-order valence-electron chi connectivity index (χ1n) is 6.44. The van der Waals surface area contributed by atoms with E-state index in [2.05, 4.69) is 38.0 Å². The molecule has 1 aromatic rings. The highest BCUT2D eigenvalue weighted by molar-refractivity contribution is 7.79. The van der Waals surface area contributed by atoms with Crippen LogP contribution in [0.25, 0.3) is 0 Å². The molecule has 110 valence electrons. The summed E-state index contributed by atoms with van der Waals surface area (Å²) in [5.74, 6) is -0.896. The van der Waals surface area contributed by atoms with Crippen LogP contribution in [0.5, 0.6) is 0 Å². The summed E-state index contributed by atoms with van der Waals surface area (Å²) in [7, 11) is 0. The lowest BCUT2D eigenvalue weighted by atomic mass is 10.1. The number of hydrogen-bond donors (Lipinski definition) is 1. The average molecular weight is 289 g/mol. The predicted molar refractivity (Wildman–Crippen MR) is 84.2 cm³/mol. The van der Waals surface area contributed by atoms with Crippen molar-refractivity contribution in [2.45, 2.75) is 48.5 Å². The molecule has 0 aromatic heterocycles. The van der Waals surface area contributed by atoms with Gasteiger partial charge in [0, 0.05) is 5.56 Å². The normalized spacial score (nSPS) is 10.4. The maximum absolute atomic E-state index is 13.1. The second-order valence-corrected chi connectivity index (χ2v) is 4.73. The van der Waals surface area contributed by atoms with Crippen LogP contribution in [0.3, 0.4) is 0 Å². The zero-order valence-electron chi connectivity index (χ0n) is 12.9. The Morgan fingerprint density at radius 2 is 1.58 bits per heavy atom. The van der Waals surface area contributed by atoms with E-state index in [9.17, 15) is 8.78 Å². The summed E-state index contributed by atoms with van der Waals surface area (Å²) in [5.41, 5.74) is 1.18. The van der Waals surface area contributed by atoms with Crippen molar-refractivity contribution in [2.75, 3.05) is 0 Å². The maximum atomic E-state index is 13.1. The molecule has 0 fully saturated rings. The highest BCUT2D eigenvalue weighted by Crippen LogP contribution is 2.15. The Bertz CT molecular complexity index is 399. The molecule has 0 amide bonds. The summed E-state index contributed by atoms with van der Waals surface area (Å²) < 4.78 is 29.5. The van der Waals surface area contributed by atoms with Gasteiger partial charge in [-0.25, -0.2) is 13.2 Å². The third-order valence-corrected chi connectivity index (χ3v) is 2.01. The zero-order valence-corrected chi connectivity index (χ0v) is 13.8. The molecule has 0 aliphatic heterocycles. The fourth-order valence-corrected chi connectivity index (χ4v) is 1.15. The number of aryl methyl sites for hydroxylation is 1. The Morgan fingerprint density at radius 1 is 1.16 bits per heavy atom. The van der Waals surface area contributed by atoms with Crippen molar-refractivity contribution in [2.24, 2.45) is 10.3 Å². The van der Waals surface area contributed by atoms with Crippen molar-refractivity contribution >= 4 is 18.5 Å². The molecule has 19 heavy (non-hydrogen) atoms. The van der Waals surface area contributed by atoms with E-state index < -0.39 is 11.6 Å². The van der Waals surface area contributed by atoms with Crippen molar-refractivity contribution in [3.8, 4) is 0 Å². The van der Waals surface area contributed by atoms with Gasteiger partial charge in [-0.05, 0) is 50.3 Å². The van der Waals surface area contributed by atoms with Crippen LogP contribution in [0.4, 0.5) is 8.78 Å². The molecule has 0 atom stereocenters. The van der Waals surface area contributed by atoms with Gasteiger partial charge in [-0.15, -0.1) is 0 Å². The molecular weight excluding hydrogens is 264 g/mol. The lowest BCUT2D eigenvalue weighted by Crippen LogP contribution is -2.01. The largest absolute Gasteiger partial charge is 0.224 e. The van der Waals surface area contributed by atoms with E-state index in [1.807, 2.05) is 13.8 Å². The molecule has 0 radical (unpaired) electrons. The summed E-state index contributed by atoms with van der Waals surface area (Å²) in [5, 5.41) is 0. The molecule has 0 unspecified atom stereocenters. The van der Waals surface area contributed by atoms with Crippen LogP contribution in [-0.2, 0) is 0 Å². The molecule has 0 aliphatic carbocycles. The van der Waals surface area contributed by atoms with E-state index in [1.165, 1.54) is 6.07 Å². The lowest BCUT2D eigenvalue weighted by Gasteiger charge is -2.03. The number of nitrogens with zero attached hydrogens (tertiary/aromatic N) is 1. The predicted octanol–water partition coefficient (Wildman–Crippen LogP) is 5.62. The molecule has 0 spiro atoms. The first-order chi connectivity index (χ1) is 8.79. The fraction of sp³-hybridized carbons (Fsp3) is 0.533. The van der Waals surface area contributed by atoms with Crippen LogP contribution < -0.4 is 0 Å². The number of hydrogen-bond acceptors (Lipinski definition) is 2. The fourth-order valence-electron chi connectivity index (χ4n) is 1.04. The standard InChI is InChI=1S/C9H9F2NS.C4H10.C2H6/c1-5-3-7(6(2)12-13)9(11)8(10)4-5;1-4(2)3;1-2/h3-4,13H,1-2H3;4H,1-3H3;1-2H3/b12-6+;;. The monoisotopic (exact) mass is 289 g/mol. The Labute approximate surface area is 121 Å². The smallest absolute Gasteiger partial charge is 0.167 e. The van der Waals surface area contributed by atoms with Crippen molar-refractivity contribution in [3.63, 3.8) is 0 Å². The van der Waals surface area contributed by atoms with Gasteiger partial charge in [0.2, 0.25) is 0 Å². The summed E-state index contributed by atoms with van der Waals surface area (Å²) in [4.78, 5) is 0. The Kier molecular flexibility index (Phi) is 11.8. The topological polar surface area (TPSA) is 12.4 Å². The van der Waals surface area contributed by atoms with Crippen LogP contribution in [-0.4, -0.2) is 5.71 Å². The molecule has 1 aromatic carbocycles. The van der Waals surface area contributed by atoms with E-state index in [4.69, 9.17) is 0 Å². The summed E-state index contributed by atoms with van der Waals surface area (Å²) in [6.07, 6.45) is 0. The molecule has 1 rings (SSSR count). The SMILES string of the molecule is C/C(=N\S)c1cc(C)cc(F)c1F.CC.CC(C)C. The molecule has 0 saturated carbocycles. The van der Waals surface area contributed by atoms with Crippen molar-refractivity contribution in [1.29, 1.82) is 0 Å². The molecule has 0 heterocycles. The van der Waals surface area contributed by atoms with E-state index in [1.54, 1.807) is 13.8 Å². The van der Waals surface area contributed by atoms with E-state index in [0.717, 1.165) is 12.0 Å². The molecular formula is C15H25F2NS. The van der Waals surface area contributed by atoms with Gasteiger partial charge in [0.25, 0.3) is 0 Å². The van der Waals surface area contributed by atoms with Crippen LogP contribution in [0, 0.1) is 24.5 Å². The summed E-state index contributed by atoms with van der Waals surface area (Å²) >= 11 is 3.64. The molecule has 1 nitrogen and oxygen atoms in total. The molecule has 0 bridgehead atoms. The highest BCUT2D eigenvalue weighted by Gasteiger charge is 2.11. The van der Waals surface area contributed by atoms with Crippen LogP contribution >= 0.6 is 12.8 Å². The second kappa shape index (κ2) is 11.0. The quantitative estimate of drug-likeness (QED) is 0.509. The number of halogens is 2.